The molecule has 0 unspecified atom stereocenters. The number of carbonyl (C=O) groups is 1. The third-order valence-corrected chi connectivity index (χ3v) is 3.21. The van der Waals surface area contributed by atoms with Crippen LogP contribution >= 0.6 is 0 Å². The number of benzene rings is 1. The smallest absolute Gasteiger partial charge is 0.417 e. The fourth-order valence-electron chi connectivity index (χ4n) is 2.30. The lowest BCUT2D eigenvalue weighted by atomic mass is 9.91. The quantitative estimate of drug-likeness (QED) is 0.770. The van der Waals surface area contributed by atoms with Gasteiger partial charge in [0, 0.05) is 23.4 Å². The summed E-state index contributed by atoms with van der Waals surface area (Å²) in [4.78, 5) is 11.4. The molecule has 0 radical (unpaired) electrons. The number of carboxylic acid groups (broad SMARTS) is 1. The maximum absolute atomic E-state index is 13.4. The lowest BCUT2D eigenvalue weighted by Gasteiger charge is -2.16. The molecular formula is C14H8F3N3O3. The molecule has 0 aliphatic rings. The predicted octanol–water partition coefficient (Wildman–Crippen LogP) is 3.45. The van der Waals surface area contributed by atoms with Crippen LogP contribution in [-0.4, -0.2) is 26.4 Å². The van der Waals surface area contributed by atoms with Crippen LogP contribution in [0.15, 0.2) is 41.2 Å². The average molecular weight is 323 g/mol. The SMILES string of the molecule is O=C(O)c1ccc(C(F)(F)F)c(-c2ccn[nH]2)c1-c1ccon1. The van der Waals surface area contributed by atoms with Crippen LogP contribution < -0.4 is 0 Å². The van der Waals surface area contributed by atoms with Crippen molar-refractivity contribution in [2.45, 2.75) is 6.18 Å². The van der Waals surface area contributed by atoms with Crippen LogP contribution in [0, 0.1) is 0 Å². The molecule has 6 nitrogen and oxygen atoms in total. The summed E-state index contributed by atoms with van der Waals surface area (Å²) in [5.74, 6) is -1.38. The molecule has 3 rings (SSSR count). The molecule has 0 fully saturated rings. The van der Waals surface area contributed by atoms with Gasteiger partial charge in [-0.15, -0.1) is 0 Å². The van der Waals surface area contributed by atoms with Crippen LogP contribution in [0.5, 0.6) is 0 Å². The van der Waals surface area contributed by atoms with E-state index in [0.717, 1.165) is 18.4 Å². The minimum Gasteiger partial charge on any atom is -0.478 e. The zero-order valence-electron chi connectivity index (χ0n) is 11.3. The van der Waals surface area contributed by atoms with Gasteiger partial charge in [-0.25, -0.2) is 4.79 Å². The van der Waals surface area contributed by atoms with E-state index in [1.165, 1.54) is 18.3 Å². The zero-order valence-corrected chi connectivity index (χ0v) is 11.3. The van der Waals surface area contributed by atoms with Gasteiger partial charge in [0.05, 0.1) is 16.8 Å². The Hall–Kier alpha value is -3.10. The number of alkyl halides is 3. The number of aromatic amines is 1. The van der Waals surface area contributed by atoms with Gasteiger partial charge >= 0.3 is 12.1 Å². The van der Waals surface area contributed by atoms with Gasteiger partial charge in [-0.2, -0.15) is 18.3 Å². The number of nitrogens with one attached hydrogen (secondary N) is 1. The number of hydrogen-bond donors (Lipinski definition) is 2. The Balaban J connectivity index is 2.44. The van der Waals surface area contributed by atoms with Crippen LogP contribution in [0.25, 0.3) is 22.5 Å². The van der Waals surface area contributed by atoms with Crippen molar-refractivity contribution < 1.29 is 27.6 Å². The first-order valence-corrected chi connectivity index (χ1v) is 6.27. The van der Waals surface area contributed by atoms with Crippen molar-refractivity contribution in [1.82, 2.24) is 15.4 Å². The average Bonchev–Trinajstić information content (AvgIpc) is 3.18. The molecule has 9 heteroatoms. The lowest BCUT2D eigenvalue weighted by Crippen LogP contribution is -2.11. The Labute approximate surface area is 126 Å². The maximum Gasteiger partial charge on any atom is 0.417 e. The molecule has 2 N–H and O–H groups in total. The number of carboxylic acids is 1. The zero-order chi connectivity index (χ0) is 16.6. The van der Waals surface area contributed by atoms with Gasteiger partial charge in [0.25, 0.3) is 0 Å². The number of rotatable bonds is 3. The van der Waals surface area contributed by atoms with Gasteiger partial charge in [0.15, 0.2) is 0 Å². The van der Waals surface area contributed by atoms with Crippen molar-refractivity contribution in [3.05, 3.63) is 47.9 Å². The molecule has 0 amide bonds. The molecule has 0 bridgehead atoms. The second kappa shape index (κ2) is 5.27. The van der Waals surface area contributed by atoms with Crippen molar-refractivity contribution >= 4 is 5.97 Å². The standard InChI is InChI=1S/C14H8F3N3O3/c15-14(16,17)8-2-1-7(13(21)22)11(10-4-6-23-20-10)12(8)9-3-5-18-19-9/h1-6H,(H,18,19)(H,21,22). The molecule has 0 aliphatic carbocycles. The van der Waals surface area contributed by atoms with Crippen molar-refractivity contribution in [2.24, 2.45) is 0 Å². The van der Waals surface area contributed by atoms with Gasteiger partial charge in [-0.05, 0) is 18.2 Å². The fourth-order valence-corrected chi connectivity index (χ4v) is 2.30. The summed E-state index contributed by atoms with van der Waals surface area (Å²) in [6.07, 6.45) is -2.26. The Morgan fingerprint density at radius 3 is 2.48 bits per heavy atom. The van der Waals surface area contributed by atoms with E-state index in [-0.39, 0.29) is 28.1 Å². The Bertz CT molecular complexity index is 840. The summed E-state index contributed by atoms with van der Waals surface area (Å²) in [5.41, 5.74) is -1.84. The summed E-state index contributed by atoms with van der Waals surface area (Å²) in [5, 5.41) is 19.0. The first-order chi connectivity index (χ1) is 10.9. The second-order valence-corrected chi connectivity index (χ2v) is 4.57. The van der Waals surface area contributed by atoms with E-state index in [4.69, 9.17) is 0 Å². The number of aromatic nitrogens is 3. The first-order valence-electron chi connectivity index (χ1n) is 6.27. The van der Waals surface area contributed by atoms with Crippen LogP contribution in [0.1, 0.15) is 15.9 Å². The molecule has 0 aliphatic heterocycles. The van der Waals surface area contributed by atoms with Crippen LogP contribution in [0.3, 0.4) is 0 Å². The molecule has 2 aromatic heterocycles. The topological polar surface area (TPSA) is 92.0 Å². The predicted molar refractivity (Wildman–Crippen MR) is 71.5 cm³/mol. The van der Waals surface area contributed by atoms with E-state index in [9.17, 15) is 23.1 Å². The molecule has 0 saturated carbocycles. The van der Waals surface area contributed by atoms with E-state index in [1.54, 1.807) is 0 Å². The molecule has 118 valence electrons. The lowest BCUT2D eigenvalue weighted by molar-refractivity contribution is -0.137. The Kier molecular flexibility index (Phi) is 3.40. The highest BCUT2D eigenvalue weighted by atomic mass is 19.4. The second-order valence-electron chi connectivity index (χ2n) is 4.57. The Morgan fingerprint density at radius 1 is 1.17 bits per heavy atom. The fraction of sp³-hybridized carbons (Fsp3) is 0.0714. The number of nitrogens with zero attached hydrogens (tertiary/aromatic N) is 2. The van der Waals surface area contributed by atoms with Gasteiger partial charge in [0.1, 0.15) is 12.0 Å². The van der Waals surface area contributed by atoms with E-state index < -0.39 is 17.7 Å². The molecule has 2 heterocycles. The first kappa shape index (κ1) is 14.8. The third kappa shape index (κ3) is 2.56. The summed E-state index contributed by atoms with van der Waals surface area (Å²) in [7, 11) is 0. The summed E-state index contributed by atoms with van der Waals surface area (Å²) in [6, 6.07) is 4.24. The number of aromatic carboxylic acids is 1. The van der Waals surface area contributed by atoms with Crippen molar-refractivity contribution in [2.75, 3.05) is 0 Å². The van der Waals surface area contributed by atoms with Gasteiger partial charge in [-0.3, -0.25) is 5.10 Å². The molecule has 23 heavy (non-hydrogen) atoms. The van der Waals surface area contributed by atoms with E-state index in [2.05, 4.69) is 19.9 Å². The van der Waals surface area contributed by atoms with Crippen LogP contribution in [0.2, 0.25) is 0 Å². The molecule has 3 aromatic rings. The molecule has 0 saturated heterocycles. The Morgan fingerprint density at radius 2 is 1.96 bits per heavy atom. The number of hydrogen-bond acceptors (Lipinski definition) is 4. The van der Waals surface area contributed by atoms with E-state index in [1.807, 2.05) is 0 Å². The van der Waals surface area contributed by atoms with E-state index in [0.29, 0.717) is 0 Å². The normalized spacial score (nSPS) is 11.6. The van der Waals surface area contributed by atoms with Gasteiger partial charge in [-0.1, -0.05) is 5.16 Å². The van der Waals surface area contributed by atoms with Gasteiger partial charge < -0.3 is 9.63 Å². The number of H-pyrrole nitrogens is 1. The molecule has 1 aromatic carbocycles. The van der Waals surface area contributed by atoms with Gasteiger partial charge in [0.2, 0.25) is 0 Å². The number of halogens is 3. The van der Waals surface area contributed by atoms with Crippen molar-refractivity contribution in [1.29, 1.82) is 0 Å². The highest BCUT2D eigenvalue weighted by Gasteiger charge is 2.37. The maximum atomic E-state index is 13.4. The molecule has 0 atom stereocenters. The molecule has 0 spiro atoms. The minimum absolute atomic E-state index is 0.0156. The highest BCUT2D eigenvalue weighted by Crippen LogP contribution is 2.43. The summed E-state index contributed by atoms with van der Waals surface area (Å²) >= 11 is 0. The van der Waals surface area contributed by atoms with E-state index >= 15 is 0 Å². The van der Waals surface area contributed by atoms with Crippen LogP contribution in [-0.2, 0) is 6.18 Å². The minimum atomic E-state index is -4.68. The summed E-state index contributed by atoms with van der Waals surface area (Å²) < 4.78 is 44.8. The summed E-state index contributed by atoms with van der Waals surface area (Å²) in [6.45, 7) is 0. The van der Waals surface area contributed by atoms with Crippen molar-refractivity contribution in [3.63, 3.8) is 0 Å². The van der Waals surface area contributed by atoms with Crippen LogP contribution in [0.4, 0.5) is 13.2 Å². The third-order valence-electron chi connectivity index (χ3n) is 3.21. The highest BCUT2D eigenvalue weighted by molar-refractivity contribution is 6.01. The largest absolute Gasteiger partial charge is 0.478 e. The monoisotopic (exact) mass is 323 g/mol. The van der Waals surface area contributed by atoms with Crippen molar-refractivity contribution in [3.8, 4) is 22.5 Å². The molecular weight excluding hydrogens is 315 g/mol.